The van der Waals surface area contributed by atoms with E-state index in [9.17, 15) is 14.9 Å². The lowest BCUT2D eigenvalue weighted by Crippen LogP contribution is -2.61. The highest BCUT2D eigenvalue weighted by molar-refractivity contribution is 6.02. The van der Waals surface area contributed by atoms with Crippen molar-refractivity contribution >= 4 is 11.8 Å². The average molecular weight is 261 g/mol. The number of amides is 2. The summed E-state index contributed by atoms with van der Waals surface area (Å²) in [6, 6.07) is 2.30. The maximum atomic E-state index is 12.5. The van der Waals surface area contributed by atoms with Gasteiger partial charge in [-0.1, -0.05) is 0 Å². The second kappa shape index (κ2) is 4.31. The predicted octanol–water partition coefficient (Wildman–Crippen LogP) is 0.759. The van der Waals surface area contributed by atoms with Gasteiger partial charge >= 0.3 is 0 Å². The highest BCUT2D eigenvalue weighted by atomic mass is 16.2. The standard InChI is InChI=1S/C14H19N3O2/c1-16-6-4-14(9-15,5-7-16)17-12(18)10-2-3-11(8-10)13(17)19/h10-11H,2-8H2,1H3. The van der Waals surface area contributed by atoms with Gasteiger partial charge in [-0.2, -0.15) is 5.26 Å². The van der Waals surface area contributed by atoms with Gasteiger partial charge in [0.05, 0.1) is 6.07 Å². The molecule has 2 atom stereocenters. The second-order valence-corrected chi connectivity index (χ2v) is 6.17. The minimum absolute atomic E-state index is 0.0208. The van der Waals surface area contributed by atoms with Crippen LogP contribution < -0.4 is 0 Å². The molecule has 3 fully saturated rings. The zero-order chi connectivity index (χ0) is 13.6. The molecule has 3 aliphatic rings. The molecule has 19 heavy (non-hydrogen) atoms. The van der Waals surface area contributed by atoms with Crippen LogP contribution in [0.1, 0.15) is 32.1 Å². The third-order valence-electron chi connectivity index (χ3n) is 5.02. The minimum atomic E-state index is -0.887. The van der Waals surface area contributed by atoms with Crippen molar-refractivity contribution in [3.05, 3.63) is 0 Å². The van der Waals surface area contributed by atoms with Crippen LogP contribution in [0.25, 0.3) is 0 Å². The first-order chi connectivity index (χ1) is 9.07. The molecule has 0 aromatic carbocycles. The molecule has 0 radical (unpaired) electrons. The maximum Gasteiger partial charge on any atom is 0.233 e. The lowest BCUT2D eigenvalue weighted by atomic mass is 9.83. The number of rotatable bonds is 1. The summed E-state index contributed by atoms with van der Waals surface area (Å²) in [5.41, 5.74) is -0.887. The molecule has 2 unspecified atom stereocenters. The predicted molar refractivity (Wildman–Crippen MR) is 67.8 cm³/mol. The van der Waals surface area contributed by atoms with Crippen LogP contribution in [0.15, 0.2) is 0 Å². The van der Waals surface area contributed by atoms with Crippen molar-refractivity contribution in [3.8, 4) is 6.07 Å². The second-order valence-electron chi connectivity index (χ2n) is 6.17. The molecule has 2 saturated heterocycles. The summed E-state index contributed by atoms with van der Waals surface area (Å²) >= 11 is 0. The molecule has 2 bridgehead atoms. The summed E-state index contributed by atoms with van der Waals surface area (Å²) < 4.78 is 0. The first-order valence-electron chi connectivity index (χ1n) is 7.05. The largest absolute Gasteiger partial charge is 0.306 e. The Balaban J connectivity index is 1.93. The Labute approximate surface area is 113 Å². The number of hydrogen-bond donors (Lipinski definition) is 0. The molecule has 0 aromatic rings. The molecule has 5 nitrogen and oxygen atoms in total. The van der Waals surface area contributed by atoms with Crippen molar-refractivity contribution < 1.29 is 9.59 Å². The molecule has 5 heteroatoms. The molecular formula is C14H19N3O2. The molecule has 0 spiro atoms. The Morgan fingerprint density at radius 3 is 2.16 bits per heavy atom. The van der Waals surface area contributed by atoms with Gasteiger partial charge < -0.3 is 4.90 Å². The van der Waals surface area contributed by atoms with Crippen LogP contribution >= 0.6 is 0 Å². The first kappa shape index (κ1) is 12.6. The van der Waals surface area contributed by atoms with E-state index in [0.717, 1.165) is 25.9 Å². The number of imide groups is 1. The Kier molecular flexibility index (Phi) is 2.86. The van der Waals surface area contributed by atoms with E-state index in [1.165, 1.54) is 4.90 Å². The highest BCUT2D eigenvalue weighted by Gasteiger charge is 2.54. The summed E-state index contributed by atoms with van der Waals surface area (Å²) in [4.78, 5) is 28.5. The van der Waals surface area contributed by atoms with Gasteiger partial charge in [0, 0.05) is 24.9 Å². The third kappa shape index (κ3) is 1.78. The van der Waals surface area contributed by atoms with Crippen LogP contribution in [-0.2, 0) is 9.59 Å². The van der Waals surface area contributed by atoms with Crippen LogP contribution in [0.4, 0.5) is 0 Å². The Hall–Kier alpha value is -1.41. The molecule has 1 saturated carbocycles. The molecule has 0 aromatic heterocycles. The van der Waals surface area contributed by atoms with E-state index in [0.29, 0.717) is 19.3 Å². The first-order valence-corrected chi connectivity index (χ1v) is 7.05. The van der Waals surface area contributed by atoms with E-state index in [1.807, 2.05) is 7.05 Å². The minimum Gasteiger partial charge on any atom is -0.306 e. The van der Waals surface area contributed by atoms with Crippen molar-refractivity contribution in [1.29, 1.82) is 5.26 Å². The van der Waals surface area contributed by atoms with E-state index in [2.05, 4.69) is 11.0 Å². The van der Waals surface area contributed by atoms with Gasteiger partial charge in [-0.15, -0.1) is 0 Å². The van der Waals surface area contributed by atoms with E-state index in [1.54, 1.807) is 0 Å². The van der Waals surface area contributed by atoms with Crippen molar-refractivity contribution in [2.24, 2.45) is 11.8 Å². The quantitative estimate of drug-likeness (QED) is 0.654. The fraction of sp³-hybridized carbons (Fsp3) is 0.786. The lowest BCUT2D eigenvalue weighted by Gasteiger charge is -2.45. The monoisotopic (exact) mass is 261 g/mol. The van der Waals surface area contributed by atoms with E-state index in [-0.39, 0.29) is 23.7 Å². The summed E-state index contributed by atoms with van der Waals surface area (Å²) in [5.74, 6) is -0.227. The summed E-state index contributed by atoms with van der Waals surface area (Å²) in [5, 5.41) is 9.59. The van der Waals surface area contributed by atoms with Gasteiger partial charge in [0.2, 0.25) is 11.8 Å². The molecule has 102 valence electrons. The summed E-state index contributed by atoms with van der Waals surface area (Å²) in [6.45, 7) is 1.53. The zero-order valence-corrected chi connectivity index (χ0v) is 11.3. The summed E-state index contributed by atoms with van der Waals surface area (Å²) in [7, 11) is 2.00. The molecular weight excluding hydrogens is 242 g/mol. The number of nitrogens with zero attached hydrogens (tertiary/aromatic N) is 3. The van der Waals surface area contributed by atoms with Crippen LogP contribution in [0.5, 0.6) is 0 Å². The highest BCUT2D eigenvalue weighted by Crippen LogP contribution is 2.42. The molecule has 2 aliphatic heterocycles. The summed E-state index contributed by atoms with van der Waals surface area (Å²) in [6.07, 6.45) is 3.49. The number of carbonyl (C=O) groups excluding carboxylic acids is 2. The van der Waals surface area contributed by atoms with Gasteiger partial charge in [-0.05, 0) is 39.2 Å². The van der Waals surface area contributed by atoms with Crippen LogP contribution in [-0.4, -0.2) is 47.3 Å². The third-order valence-corrected chi connectivity index (χ3v) is 5.02. The normalized spacial score (nSPS) is 34.4. The molecule has 3 rings (SSSR count). The Morgan fingerprint density at radius 2 is 1.68 bits per heavy atom. The smallest absolute Gasteiger partial charge is 0.233 e. The van der Waals surface area contributed by atoms with Crippen molar-refractivity contribution in [2.45, 2.75) is 37.6 Å². The number of carbonyl (C=O) groups is 2. The Morgan fingerprint density at radius 1 is 1.16 bits per heavy atom. The van der Waals surface area contributed by atoms with Gasteiger partial charge in [0.1, 0.15) is 5.54 Å². The molecule has 0 N–H and O–H groups in total. The topological polar surface area (TPSA) is 64.4 Å². The van der Waals surface area contributed by atoms with Crippen molar-refractivity contribution in [3.63, 3.8) is 0 Å². The lowest BCUT2D eigenvalue weighted by molar-refractivity contribution is -0.160. The van der Waals surface area contributed by atoms with Gasteiger partial charge in [-0.3, -0.25) is 14.5 Å². The van der Waals surface area contributed by atoms with Crippen molar-refractivity contribution in [1.82, 2.24) is 9.80 Å². The van der Waals surface area contributed by atoms with E-state index >= 15 is 0 Å². The van der Waals surface area contributed by atoms with Crippen molar-refractivity contribution in [2.75, 3.05) is 20.1 Å². The fourth-order valence-electron chi connectivity index (χ4n) is 3.70. The number of fused-ring (bicyclic) bond motifs is 2. The number of likely N-dealkylation sites (tertiary alicyclic amines) is 2. The number of piperidine rings is 2. The zero-order valence-electron chi connectivity index (χ0n) is 11.3. The van der Waals surface area contributed by atoms with E-state index in [4.69, 9.17) is 0 Å². The average Bonchev–Trinajstić information content (AvgIpc) is 2.86. The van der Waals surface area contributed by atoms with Gasteiger partial charge in [0.15, 0.2) is 0 Å². The fourth-order valence-corrected chi connectivity index (χ4v) is 3.70. The SMILES string of the molecule is CN1CCC(C#N)(N2C(=O)C3CCC(C3)C2=O)CC1. The molecule has 2 heterocycles. The molecule has 1 aliphatic carbocycles. The Bertz CT molecular complexity index is 438. The number of hydrogen-bond acceptors (Lipinski definition) is 4. The van der Waals surface area contributed by atoms with Crippen LogP contribution in [0, 0.1) is 23.2 Å². The van der Waals surface area contributed by atoms with Crippen LogP contribution in [0.2, 0.25) is 0 Å². The maximum absolute atomic E-state index is 12.5. The van der Waals surface area contributed by atoms with E-state index < -0.39 is 5.54 Å². The van der Waals surface area contributed by atoms with Gasteiger partial charge in [-0.25, -0.2) is 0 Å². The molecule has 2 amide bonds. The van der Waals surface area contributed by atoms with Gasteiger partial charge in [0.25, 0.3) is 0 Å². The number of nitriles is 1. The van der Waals surface area contributed by atoms with Crippen LogP contribution in [0.3, 0.4) is 0 Å².